The van der Waals surface area contributed by atoms with Crippen LogP contribution in [0.3, 0.4) is 0 Å². The standard InChI is InChI=1S/C21H20N4O2S/c1-2-15-5-7-16(8-6-15)13-25-19(9-10-22-25)24-20(26)12-17-14-28-21(23-17)18-4-3-11-27-18/h3-11,14H,2,12-13H2,1H3,(H,24,26). The summed E-state index contributed by atoms with van der Waals surface area (Å²) in [7, 11) is 0. The summed E-state index contributed by atoms with van der Waals surface area (Å²) < 4.78 is 7.13. The van der Waals surface area contributed by atoms with Crippen LogP contribution in [0.4, 0.5) is 5.82 Å². The molecule has 1 aromatic carbocycles. The number of amides is 1. The Labute approximate surface area is 166 Å². The van der Waals surface area contributed by atoms with Crippen LogP contribution in [0.2, 0.25) is 0 Å². The molecule has 0 aliphatic heterocycles. The number of benzene rings is 1. The summed E-state index contributed by atoms with van der Waals surface area (Å²) in [6, 6.07) is 13.9. The van der Waals surface area contributed by atoms with E-state index in [0.717, 1.165) is 22.7 Å². The molecule has 0 spiro atoms. The Morgan fingerprint density at radius 3 is 2.75 bits per heavy atom. The summed E-state index contributed by atoms with van der Waals surface area (Å²) in [5, 5.41) is 9.91. The van der Waals surface area contributed by atoms with Gasteiger partial charge in [-0.1, -0.05) is 31.2 Å². The van der Waals surface area contributed by atoms with Gasteiger partial charge in [0.15, 0.2) is 10.8 Å². The van der Waals surface area contributed by atoms with E-state index in [9.17, 15) is 4.79 Å². The zero-order valence-electron chi connectivity index (χ0n) is 15.5. The summed E-state index contributed by atoms with van der Waals surface area (Å²) >= 11 is 1.46. The van der Waals surface area contributed by atoms with E-state index in [-0.39, 0.29) is 12.3 Å². The molecule has 3 heterocycles. The smallest absolute Gasteiger partial charge is 0.231 e. The minimum Gasteiger partial charge on any atom is -0.462 e. The van der Waals surface area contributed by atoms with Crippen LogP contribution in [0, 0.1) is 0 Å². The number of aromatic nitrogens is 3. The number of nitrogens with one attached hydrogen (secondary N) is 1. The second-order valence-electron chi connectivity index (χ2n) is 6.39. The molecule has 0 bridgehead atoms. The van der Waals surface area contributed by atoms with Crippen LogP contribution in [-0.4, -0.2) is 20.7 Å². The Morgan fingerprint density at radius 2 is 2.00 bits per heavy atom. The van der Waals surface area contributed by atoms with Gasteiger partial charge in [0.2, 0.25) is 5.91 Å². The third-order valence-electron chi connectivity index (χ3n) is 4.37. The molecule has 7 heteroatoms. The first kappa shape index (κ1) is 18.2. The van der Waals surface area contributed by atoms with Gasteiger partial charge in [-0.3, -0.25) is 4.79 Å². The molecule has 1 N–H and O–H groups in total. The maximum Gasteiger partial charge on any atom is 0.231 e. The topological polar surface area (TPSA) is 73.0 Å². The van der Waals surface area contributed by atoms with Gasteiger partial charge in [-0.2, -0.15) is 5.10 Å². The minimum atomic E-state index is -0.126. The predicted molar refractivity (Wildman–Crippen MR) is 109 cm³/mol. The van der Waals surface area contributed by atoms with E-state index in [0.29, 0.717) is 18.1 Å². The summed E-state index contributed by atoms with van der Waals surface area (Å²) in [6.07, 6.45) is 4.52. The largest absolute Gasteiger partial charge is 0.462 e. The first-order chi connectivity index (χ1) is 13.7. The highest BCUT2D eigenvalue weighted by molar-refractivity contribution is 7.13. The van der Waals surface area contributed by atoms with Gasteiger partial charge in [0, 0.05) is 11.4 Å². The second-order valence-corrected chi connectivity index (χ2v) is 7.25. The van der Waals surface area contributed by atoms with Crippen LogP contribution in [-0.2, 0) is 24.2 Å². The second kappa shape index (κ2) is 8.22. The maximum absolute atomic E-state index is 12.5. The Bertz CT molecular complexity index is 1050. The number of rotatable bonds is 7. The Hall–Kier alpha value is -3.19. The predicted octanol–water partition coefficient (Wildman–Crippen LogP) is 4.39. The number of furan rings is 1. The van der Waals surface area contributed by atoms with Crippen molar-refractivity contribution in [1.29, 1.82) is 0 Å². The van der Waals surface area contributed by atoms with Gasteiger partial charge < -0.3 is 9.73 Å². The van der Waals surface area contributed by atoms with Gasteiger partial charge in [0.1, 0.15) is 5.82 Å². The lowest BCUT2D eigenvalue weighted by atomic mass is 10.1. The highest BCUT2D eigenvalue weighted by atomic mass is 32.1. The summed E-state index contributed by atoms with van der Waals surface area (Å²) in [4.78, 5) is 16.9. The van der Waals surface area contributed by atoms with Gasteiger partial charge in [-0.25, -0.2) is 9.67 Å². The molecular formula is C21H20N4O2S. The Morgan fingerprint density at radius 1 is 1.18 bits per heavy atom. The van der Waals surface area contributed by atoms with Crippen LogP contribution in [0.15, 0.2) is 64.7 Å². The van der Waals surface area contributed by atoms with Crippen LogP contribution < -0.4 is 5.32 Å². The average molecular weight is 392 g/mol. The number of anilines is 1. The number of aryl methyl sites for hydroxylation is 1. The lowest BCUT2D eigenvalue weighted by Crippen LogP contribution is -2.18. The maximum atomic E-state index is 12.5. The quantitative estimate of drug-likeness (QED) is 0.506. The van der Waals surface area contributed by atoms with Crippen molar-refractivity contribution in [2.75, 3.05) is 5.32 Å². The van der Waals surface area contributed by atoms with Crippen molar-refractivity contribution in [3.63, 3.8) is 0 Å². The van der Waals surface area contributed by atoms with Gasteiger partial charge >= 0.3 is 0 Å². The van der Waals surface area contributed by atoms with Crippen LogP contribution in [0.1, 0.15) is 23.7 Å². The highest BCUT2D eigenvalue weighted by Gasteiger charge is 2.12. The summed E-state index contributed by atoms with van der Waals surface area (Å²) in [6.45, 7) is 2.74. The molecule has 3 aromatic heterocycles. The number of thiazole rings is 1. The molecule has 0 aliphatic carbocycles. The van der Waals surface area contributed by atoms with E-state index in [1.807, 2.05) is 17.5 Å². The van der Waals surface area contributed by atoms with E-state index in [1.165, 1.54) is 16.9 Å². The van der Waals surface area contributed by atoms with Crippen molar-refractivity contribution in [1.82, 2.24) is 14.8 Å². The van der Waals surface area contributed by atoms with Gasteiger partial charge in [0.25, 0.3) is 0 Å². The number of hydrogen-bond acceptors (Lipinski definition) is 5. The fourth-order valence-electron chi connectivity index (χ4n) is 2.87. The van der Waals surface area contributed by atoms with Crippen molar-refractivity contribution in [3.8, 4) is 10.8 Å². The van der Waals surface area contributed by atoms with E-state index >= 15 is 0 Å². The number of carbonyl (C=O) groups is 1. The molecule has 0 fully saturated rings. The molecule has 0 saturated heterocycles. The molecule has 0 aliphatic rings. The van der Waals surface area contributed by atoms with E-state index in [1.54, 1.807) is 23.2 Å². The summed E-state index contributed by atoms with van der Waals surface area (Å²) in [5.41, 5.74) is 3.16. The van der Waals surface area contributed by atoms with Crippen molar-refractivity contribution >= 4 is 23.1 Å². The lowest BCUT2D eigenvalue weighted by Gasteiger charge is -2.09. The number of hydrogen-bond donors (Lipinski definition) is 1. The van der Waals surface area contributed by atoms with Crippen LogP contribution in [0.5, 0.6) is 0 Å². The monoisotopic (exact) mass is 392 g/mol. The first-order valence-corrected chi connectivity index (χ1v) is 9.97. The molecule has 0 saturated carbocycles. The van der Waals surface area contributed by atoms with Crippen molar-refractivity contribution in [3.05, 3.63) is 77.1 Å². The van der Waals surface area contributed by atoms with Crippen LogP contribution >= 0.6 is 11.3 Å². The Kier molecular flexibility index (Phi) is 5.34. The van der Waals surface area contributed by atoms with E-state index in [2.05, 4.69) is 46.6 Å². The molecule has 28 heavy (non-hydrogen) atoms. The molecule has 4 aromatic rings. The average Bonchev–Trinajstić information content (AvgIpc) is 3.45. The third kappa shape index (κ3) is 4.20. The molecule has 142 valence electrons. The Balaban J connectivity index is 1.39. The number of carbonyl (C=O) groups excluding carboxylic acids is 1. The molecular weight excluding hydrogens is 372 g/mol. The molecule has 0 unspecified atom stereocenters. The van der Waals surface area contributed by atoms with Crippen LogP contribution in [0.25, 0.3) is 10.8 Å². The zero-order chi connectivity index (χ0) is 19.3. The molecule has 6 nitrogen and oxygen atoms in total. The molecule has 0 radical (unpaired) electrons. The van der Waals surface area contributed by atoms with Gasteiger partial charge in [-0.15, -0.1) is 11.3 Å². The summed E-state index contributed by atoms with van der Waals surface area (Å²) in [5.74, 6) is 1.26. The normalized spacial score (nSPS) is 10.9. The van der Waals surface area contributed by atoms with Gasteiger partial charge in [0.05, 0.1) is 31.1 Å². The fourth-order valence-corrected chi connectivity index (χ4v) is 3.66. The molecule has 4 rings (SSSR count). The van der Waals surface area contributed by atoms with E-state index in [4.69, 9.17) is 4.42 Å². The van der Waals surface area contributed by atoms with Crippen molar-refractivity contribution in [2.45, 2.75) is 26.3 Å². The lowest BCUT2D eigenvalue weighted by molar-refractivity contribution is -0.115. The molecule has 0 atom stereocenters. The van der Waals surface area contributed by atoms with Gasteiger partial charge in [-0.05, 0) is 29.7 Å². The van der Waals surface area contributed by atoms with Crippen molar-refractivity contribution < 1.29 is 9.21 Å². The molecule has 1 amide bonds. The first-order valence-electron chi connectivity index (χ1n) is 9.09. The minimum absolute atomic E-state index is 0.126. The number of nitrogens with zero attached hydrogens (tertiary/aromatic N) is 3. The zero-order valence-corrected chi connectivity index (χ0v) is 16.3. The fraction of sp³-hybridized carbons (Fsp3) is 0.190. The van der Waals surface area contributed by atoms with Crippen molar-refractivity contribution in [2.24, 2.45) is 0 Å². The third-order valence-corrected chi connectivity index (χ3v) is 5.28. The van der Waals surface area contributed by atoms with E-state index < -0.39 is 0 Å². The SMILES string of the molecule is CCc1ccc(Cn2nccc2NC(=O)Cc2csc(-c3ccco3)n2)cc1. The highest BCUT2D eigenvalue weighted by Crippen LogP contribution is 2.24.